The largest absolute Gasteiger partial charge is 0.444 e. The first kappa shape index (κ1) is 16.8. The van der Waals surface area contributed by atoms with Crippen LogP contribution in [0.1, 0.15) is 65.0 Å². The predicted molar refractivity (Wildman–Crippen MR) is 85.6 cm³/mol. The molecule has 3 atom stereocenters. The summed E-state index contributed by atoms with van der Waals surface area (Å²) in [6, 6.07) is 0.834. The lowest BCUT2D eigenvalue weighted by atomic mass is 9.90. The number of carbonyl (C=O) groups is 1. The normalized spacial score (nSPS) is 23.8. The van der Waals surface area contributed by atoms with E-state index in [1.54, 1.807) is 0 Å². The molecule has 1 aliphatic rings. The molecule has 0 spiro atoms. The average Bonchev–Trinajstić information content (AvgIpc) is 2.90. The molecule has 6 nitrogen and oxygen atoms in total. The van der Waals surface area contributed by atoms with Crippen molar-refractivity contribution in [2.24, 2.45) is 0 Å². The fraction of sp³-hybridized carbons (Fsp3) is 0.750. The first-order chi connectivity index (χ1) is 10.3. The van der Waals surface area contributed by atoms with Crippen molar-refractivity contribution in [1.29, 1.82) is 0 Å². The summed E-state index contributed by atoms with van der Waals surface area (Å²) < 4.78 is 5.33. The summed E-state index contributed by atoms with van der Waals surface area (Å²) in [5.41, 5.74) is 0.703. The Labute approximate surface area is 132 Å². The number of aromatic nitrogens is 2. The summed E-state index contributed by atoms with van der Waals surface area (Å²) in [5, 5.41) is 13.4. The van der Waals surface area contributed by atoms with Crippen LogP contribution >= 0.6 is 0 Å². The smallest absolute Gasteiger partial charge is 0.407 e. The zero-order valence-electron chi connectivity index (χ0n) is 14.0. The monoisotopic (exact) mass is 308 g/mol. The van der Waals surface area contributed by atoms with Crippen molar-refractivity contribution in [3.05, 3.63) is 18.0 Å². The van der Waals surface area contributed by atoms with Crippen LogP contribution in [0.2, 0.25) is 0 Å². The van der Waals surface area contributed by atoms with Crippen LogP contribution in [-0.2, 0) is 4.74 Å². The first-order valence-corrected chi connectivity index (χ1v) is 8.08. The van der Waals surface area contributed by atoms with Crippen LogP contribution in [0.4, 0.5) is 4.79 Å². The van der Waals surface area contributed by atoms with Gasteiger partial charge in [0.15, 0.2) is 0 Å². The van der Waals surface area contributed by atoms with E-state index in [1.807, 2.05) is 33.2 Å². The quantitative estimate of drug-likeness (QED) is 0.799. The molecule has 3 N–H and O–H groups in total. The van der Waals surface area contributed by atoms with Crippen LogP contribution in [0.15, 0.2) is 12.4 Å². The molecule has 1 aromatic rings. The third-order valence-corrected chi connectivity index (χ3v) is 3.90. The molecule has 3 unspecified atom stereocenters. The predicted octanol–water partition coefficient (Wildman–Crippen LogP) is 2.90. The van der Waals surface area contributed by atoms with E-state index in [-0.39, 0.29) is 18.2 Å². The summed E-state index contributed by atoms with van der Waals surface area (Å²) in [4.78, 5) is 11.9. The van der Waals surface area contributed by atoms with Crippen molar-refractivity contribution >= 4 is 6.09 Å². The van der Waals surface area contributed by atoms with E-state index in [4.69, 9.17) is 4.74 Å². The lowest BCUT2D eigenvalue weighted by molar-refractivity contribution is 0.0488. The van der Waals surface area contributed by atoms with Crippen LogP contribution in [0, 0.1) is 0 Å². The van der Waals surface area contributed by atoms with Crippen molar-refractivity contribution in [3.8, 4) is 0 Å². The molecule has 0 aliphatic heterocycles. The lowest BCUT2D eigenvalue weighted by Crippen LogP contribution is -2.46. The molecule has 22 heavy (non-hydrogen) atoms. The molecule has 0 aromatic carbocycles. The van der Waals surface area contributed by atoms with Crippen LogP contribution in [0.25, 0.3) is 0 Å². The molecule has 0 saturated heterocycles. The van der Waals surface area contributed by atoms with Gasteiger partial charge in [-0.05, 0) is 53.4 Å². The van der Waals surface area contributed by atoms with E-state index < -0.39 is 5.60 Å². The topological polar surface area (TPSA) is 79.0 Å². The van der Waals surface area contributed by atoms with E-state index >= 15 is 0 Å². The Morgan fingerprint density at radius 1 is 1.41 bits per heavy atom. The molecule has 1 aromatic heterocycles. The molecule has 1 fully saturated rings. The number of rotatable bonds is 4. The van der Waals surface area contributed by atoms with Gasteiger partial charge in [0.25, 0.3) is 0 Å². The Morgan fingerprint density at radius 3 is 2.77 bits per heavy atom. The van der Waals surface area contributed by atoms with Crippen molar-refractivity contribution in [1.82, 2.24) is 20.8 Å². The Morgan fingerprint density at radius 2 is 2.14 bits per heavy atom. The fourth-order valence-electron chi connectivity index (χ4n) is 2.89. The summed E-state index contributed by atoms with van der Waals surface area (Å²) in [6.07, 6.45) is 7.62. The number of nitrogens with one attached hydrogen (secondary N) is 3. The van der Waals surface area contributed by atoms with E-state index in [2.05, 4.69) is 27.8 Å². The highest BCUT2D eigenvalue weighted by Gasteiger charge is 2.26. The molecule has 0 bridgehead atoms. The first-order valence-electron chi connectivity index (χ1n) is 8.08. The minimum Gasteiger partial charge on any atom is -0.444 e. The third-order valence-electron chi connectivity index (χ3n) is 3.90. The molecule has 1 saturated carbocycles. The number of hydrogen-bond acceptors (Lipinski definition) is 4. The van der Waals surface area contributed by atoms with Gasteiger partial charge in [-0.15, -0.1) is 0 Å². The van der Waals surface area contributed by atoms with E-state index in [0.29, 0.717) is 6.04 Å². The van der Waals surface area contributed by atoms with Crippen LogP contribution in [0.3, 0.4) is 0 Å². The lowest BCUT2D eigenvalue weighted by Gasteiger charge is -2.32. The van der Waals surface area contributed by atoms with Gasteiger partial charge >= 0.3 is 6.09 Å². The standard InChI is InChI=1S/C16H28N4O2/c1-11(12-9-17-18-10-12)19-13-6-5-7-14(8-13)20-15(21)22-16(2,3)4/h9-11,13-14,19H,5-8H2,1-4H3,(H,17,18)(H,20,21). The van der Waals surface area contributed by atoms with Crippen molar-refractivity contribution in [2.75, 3.05) is 0 Å². The zero-order valence-corrected chi connectivity index (χ0v) is 14.0. The second kappa shape index (κ2) is 7.13. The highest BCUT2D eigenvalue weighted by Crippen LogP contribution is 2.22. The maximum Gasteiger partial charge on any atom is 0.407 e. The van der Waals surface area contributed by atoms with Gasteiger partial charge in [0.2, 0.25) is 0 Å². The Bertz CT molecular complexity index is 467. The number of nitrogens with zero attached hydrogens (tertiary/aromatic N) is 1. The minimum atomic E-state index is -0.452. The van der Waals surface area contributed by atoms with E-state index in [1.165, 1.54) is 0 Å². The molecule has 2 rings (SSSR count). The third kappa shape index (κ3) is 5.33. The second-order valence-corrected chi connectivity index (χ2v) is 7.13. The number of aromatic amines is 1. The molecule has 6 heteroatoms. The van der Waals surface area contributed by atoms with Gasteiger partial charge < -0.3 is 15.4 Å². The summed E-state index contributed by atoms with van der Waals surface area (Å²) >= 11 is 0. The van der Waals surface area contributed by atoms with Crippen LogP contribution in [0.5, 0.6) is 0 Å². The fourth-order valence-corrected chi connectivity index (χ4v) is 2.89. The minimum absolute atomic E-state index is 0.178. The van der Waals surface area contributed by atoms with Gasteiger partial charge in [0.05, 0.1) is 6.20 Å². The summed E-state index contributed by atoms with van der Waals surface area (Å²) in [7, 11) is 0. The SMILES string of the molecule is CC(NC1CCCC(NC(=O)OC(C)(C)C)C1)c1cn[nH]c1. The highest BCUT2D eigenvalue weighted by molar-refractivity contribution is 5.68. The molecule has 124 valence electrons. The Hall–Kier alpha value is -1.56. The van der Waals surface area contributed by atoms with Crippen LogP contribution in [-0.4, -0.2) is 34.0 Å². The summed E-state index contributed by atoms with van der Waals surface area (Å²) in [5.74, 6) is 0. The number of hydrogen-bond donors (Lipinski definition) is 3. The average molecular weight is 308 g/mol. The van der Waals surface area contributed by atoms with E-state index in [0.717, 1.165) is 31.2 Å². The molecule has 0 radical (unpaired) electrons. The maximum atomic E-state index is 11.9. The summed E-state index contributed by atoms with van der Waals surface area (Å²) in [6.45, 7) is 7.77. The molecular weight excluding hydrogens is 280 g/mol. The van der Waals surface area contributed by atoms with Gasteiger partial charge in [-0.1, -0.05) is 0 Å². The Kier molecular flexibility index (Phi) is 5.45. The number of ether oxygens (including phenoxy) is 1. The molecule has 1 aliphatic carbocycles. The van der Waals surface area contributed by atoms with E-state index in [9.17, 15) is 4.79 Å². The van der Waals surface area contributed by atoms with Gasteiger partial charge in [0.1, 0.15) is 5.60 Å². The number of carbonyl (C=O) groups excluding carboxylic acids is 1. The number of H-pyrrole nitrogens is 1. The molecular formula is C16H28N4O2. The molecule has 1 amide bonds. The van der Waals surface area contributed by atoms with Gasteiger partial charge in [-0.2, -0.15) is 5.10 Å². The highest BCUT2D eigenvalue weighted by atomic mass is 16.6. The van der Waals surface area contributed by atoms with Crippen molar-refractivity contribution in [2.45, 2.75) is 77.1 Å². The zero-order chi connectivity index (χ0) is 16.2. The van der Waals surface area contributed by atoms with Crippen LogP contribution < -0.4 is 10.6 Å². The number of alkyl carbamates (subject to hydrolysis) is 1. The Balaban J connectivity index is 1.80. The maximum absolute atomic E-state index is 11.9. The molecule has 1 heterocycles. The van der Waals surface area contributed by atoms with Gasteiger partial charge in [0, 0.05) is 29.9 Å². The second-order valence-electron chi connectivity index (χ2n) is 7.13. The van der Waals surface area contributed by atoms with Gasteiger partial charge in [-0.3, -0.25) is 5.10 Å². The van der Waals surface area contributed by atoms with Crippen molar-refractivity contribution < 1.29 is 9.53 Å². The van der Waals surface area contributed by atoms with Crippen molar-refractivity contribution in [3.63, 3.8) is 0 Å². The van der Waals surface area contributed by atoms with Gasteiger partial charge in [-0.25, -0.2) is 4.79 Å². The number of amides is 1.